The van der Waals surface area contributed by atoms with Gasteiger partial charge in [-0.2, -0.15) is 0 Å². The van der Waals surface area contributed by atoms with Gasteiger partial charge in [-0.1, -0.05) is 37.3 Å². The van der Waals surface area contributed by atoms with Crippen LogP contribution >= 0.6 is 0 Å². The minimum atomic E-state index is -0.0330. The molecule has 158 valence electrons. The number of fused-ring (bicyclic) bond motifs is 3. The number of benzene rings is 2. The first-order valence-electron chi connectivity index (χ1n) is 10.9. The SMILES string of the molecule is CCN1CCC(N(C)c2ccc3c(c2)-c2nc(N)nc(-c4ccccc4)c2C3=O)CC1. The number of aromatic nitrogens is 2. The third kappa shape index (κ3) is 3.37. The van der Waals surface area contributed by atoms with E-state index in [1.165, 1.54) is 0 Å². The highest BCUT2D eigenvalue weighted by atomic mass is 16.1. The van der Waals surface area contributed by atoms with E-state index in [1.807, 2.05) is 42.5 Å². The maximum Gasteiger partial charge on any atom is 0.221 e. The highest BCUT2D eigenvalue weighted by Crippen LogP contribution is 2.42. The molecule has 2 N–H and O–H groups in total. The zero-order chi connectivity index (χ0) is 21.5. The number of nitrogen functional groups attached to an aromatic ring is 1. The van der Waals surface area contributed by atoms with Gasteiger partial charge in [-0.05, 0) is 37.6 Å². The minimum Gasteiger partial charge on any atom is -0.371 e. The second-order valence-electron chi connectivity index (χ2n) is 8.36. The molecule has 2 heterocycles. The van der Waals surface area contributed by atoms with E-state index in [2.05, 4.69) is 39.8 Å². The molecule has 1 aliphatic carbocycles. The summed E-state index contributed by atoms with van der Waals surface area (Å²) < 4.78 is 0. The van der Waals surface area contributed by atoms with Crippen LogP contribution in [0.3, 0.4) is 0 Å². The molecule has 6 heteroatoms. The summed E-state index contributed by atoms with van der Waals surface area (Å²) in [6.07, 6.45) is 2.29. The number of hydrogen-bond donors (Lipinski definition) is 1. The maximum atomic E-state index is 13.3. The lowest BCUT2D eigenvalue weighted by Crippen LogP contribution is -2.43. The van der Waals surface area contributed by atoms with E-state index in [-0.39, 0.29) is 11.7 Å². The van der Waals surface area contributed by atoms with Gasteiger partial charge in [-0.15, -0.1) is 0 Å². The fourth-order valence-electron chi connectivity index (χ4n) is 4.81. The Kier molecular flexibility index (Phi) is 4.94. The van der Waals surface area contributed by atoms with Crippen LogP contribution in [-0.4, -0.2) is 53.4 Å². The molecule has 1 aromatic heterocycles. The van der Waals surface area contributed by atoms with Gasteiger partial charge in [0.2, 0.25) is 5.95 Å². The minimum absolute atomic E-state index is 0.0330. The Morgan fingerprint density at radius 3 is 2.45 bits per heavy atom. The highest BCUT2D eigenvalue weighted by Gasteiger charge is 2.33. The normalized spacial score (nSPS) is 16.3. The summed E-state index contributed by atoms with van der Waals surface area (Å²) in [7, 11) is 2.15. The van der Waals surface area contributed by atoms with Gasteiger partial charge in [0.05, 0.1) is 17.0 Å². The third-order valence-electron chi connectivity index (χ3n) is 6.66. The van der Waals surface area contributed by atoms with Crippen molar-refractivity contribution in [3.8, 4) is 22.5 Å². The van der Waals surface area contributed by atoms with E-state index < -0.39 is 0 Å². The molecule has 0 bridgehead atoms. The van der Waals surface area contributed by atoms with Gasteiger partial charge in [0, 0.05) is 48.6 Å². The molecule has 2 aliphatic rings. The smallest absolute Gasteiger partial charge is 0.221 e. The van der Waals surface area contributed by atoms with Gasteiger partial charge in [-0.25, -0.2) is 9.97 Å². The van der Waals surface area contributed by atoms with Crippen LogP contribution in [0.2, 0.25) is 0 Å². The molecule has 1 aliphatic heterocycles. The number of nitrogens with zero attached hydrogens (tertiary/aromatic N) is 4. The fourth-order valence-corrected chi connectivity index (χ4v) is 4.81. The Hall–Kier alpha value is -3.25. The topological polar surface area (TPSA) is 75.3 Å². The average Bonchev–Trinajstić information content (AvgIpc) is 3.10. The van der Waals surface area contributed by atoms with Crippen LogP contribution in [-0.2, 0) is 0 Å². The highest BCUT2D eigenvalue weighted by molar-refractivity contribution is 6.24. The lowest BCUT2D eigenvalue weighted by Gasteiger charge is -2.37. The zero-order valence-electron chi connectivity index (χ0n) is 18.0. The molecule has 6 nitrogen and oxygen atoms in total. The Morgan fingerprint density at radius 2 is 1.74 bits per heavy atom. The molecule has 2 aromatic carbocycles. The van der Waals surface area contributed by atoms with Crippen molar-refractivity contribution in [3.63, 3.8) is 0 Å². The van der Waals surface area contributed by atoms with Crippen molar-refractivity contribution in [2.75, 3.05) is 37.3 Å². The van der Waals surface area contributed by atoms with Crippen molar-refractivity contribution in [2.24, 2.45) is 0 Å². The van der Waals surface area contributed by atoms with E-state index in [1.54, 1.807) is 0 Å². The Bertz CT molecular complexity index is 1140. The van der Waals surface area contributed by atoms with Gasteiger partial charge < -0.3 is 15.5 Å². The summed E-state index contributed by atoms with van der Waals surface area (Å²) in [4.78, 5) is 27.1. The lowest BCUT2D eigenvalue weighted by molar-refractivity contribution is 0.104. The van der Waals surface area contributed by atoms with E-state index >= 15 is 0 Å². The van der Waals surface area contributed by atoms with Crippen molar-refractivity contribution >= 4 is 17.4 Å². The Labute approximate surface area is 182 Å². The van der Waals surface area contributed by atoms with Gasteiger partial charge in [0.25, 0.3) is 0 Å². The van der Waals surface area contributed by atoms with E-state index in [0.29, 0.717) is 28.6 Å². The van der Waals surface area contributed by atoms with Gasteiger partial charge in [0.1, 0.15) is 0 Å². The van der Waals surface area contributed by atoms with Crippen molar-refractivity contribution in [3.05, 3.63) is 59.7 Å². The Balaban J connectivity index is 1.54. The van der Waals surface area contributed by atoms with Crippen molar-refractivity contribution in [2.45, 2.75) is 25.8 Å². The zero-order valence-corrected chi connectivity index (χ0v) is 18.0. The molecule has 0 atom stereocenters. The van der Waals surface area contributed by atoms with Crippen LogP contribution in [0, 0.1) is 0 Å². The predicted molar refractivity (Wildman–Crippen MR) is 124 cm³/mol. The number of anilines is 2. The third-order valence-corrected chi connectivity index (χ3v) is 6.66. The molecule has 1 fully saturated rings. The number of carbonyl (C=O) groups is 1. The molecular weight excluding hydrogens is 386 g/mol. The summed E-state index contributed by atoms with van der Waals surface area (Å²) >= 11 is 0. The van der Waals surface area contributed by atoms with Gasteiger partial charge >= 0.3 is 0 Å². The predicted octanol–water partition coefficient (Wildman–Crippen LogP) is 3.86. The number of rotatable bonds is 4. The number of ketones is 1. The number of hydrogen-bond acceptors (Lipinski definition) is 6. The summed E-state index contributed by atoms with van der Waals surface area (Å²) in [5.74, 6) is 0.151. The first-order valence-corrected chi connectivity index (χ1v) is 10.9. The maximum absolute atomic E-state index is 13.3. The fraction of sp³-hybridized carbons (Fsp3) is 0.320. The average molecular weight is 414 g/mol. The van der Waals surface area contributed by atoms with Crippen molar-refractivity contribution < 1.29 is 4.79 Å². The van der Waals surface area contributed by atoms with Gasteiger partial charge in [-0.3, -0.25) is 4.79 Å². The standard InChI is InChI=1S/C25H27N5O/c1-3-30-13-11-17(12-14-30)29(2)18-9-10-19-20(15-18)23-21(24(19)31)22(27-25(26)28-23)16-7-5-4-6-8-16/h4-10,15,17H,3,11-14H2,1-2H3,(H2,26,27,28). The number of nitrogens with two attached hydrogens (primary N) is 1. The summed E-state index contributed by atoms with van der Waals surface area (Å²) in [5, 5.41) is 0. The quantitative estimate of drug-likeness (QED) is 0.548. The number of piperidine rings is 1. The largest absolute Gasteiger partial charge is 0.371 e. The molecule has 5 rings (SSSR count). The first-order chi connectivity index (χ1) is 15.1. The lowest BCUT2D eigenvalue weighted by atomic mass is 10.0. The van der Waals surface area contributed by atoms with E-state index in [9.17, 15) is 4.79 Å². The Morgan fingerprint density at radius 1 is 1.03 bits per heavy atom. The van der Waals surface area contributed by atoms with Crippen LogP contribution in [0.25, 0.3) is 22.5 Å². The van der Waals surface area contributed by atoms with E-state index in [4.69, 9.17) is 5.73 Å². The first kappa shape index (κ1) is 19.7. The van der Waals surface area contributed by atoms with Crippen LogP contribution < -0.4 is 10.6 Å². The van der Waals surface area contributed by atoms with Crippen molar-refractivity contribution in [1.29, 1.82) is 0 Å². The monoisotopic (exact) mass is 413 g/mol. The molecule has 0 saturated carbocycles. The number of likely N-dealkylation sites (tertiary alicyclic amines) is 1. The van der Waals surface area contributed by atoms with Gasteiger partial charge in [0.15, 0.2) is 5.78 Å². The van der Waals surface area contributed by atoms with Crippen LogP contribution in [0.5, 0.6) is 0 Å². The van der Waals surface area contributed by atoms with E-state index in [0.717, 1.165) is 49.3 Å². The molecule has 3 aromatic rings. The molecule has 0 radical (unpaired) electrons. The van der Waals surface area contributed by atoms with Crippen LogP contribution in [0.4, 0.5) is 11.6 Å². The molecular formula is C25H27N5O. The molecule has 1 saturated heterocycles. The summed E-state index contributed by atoms with van der Waals surface area (Å²) in [5.41, 5.74) is 11.3. The summed E-state index contributed by atoms with van der Waals surface area (Å²) in [6.45, 7) is 5.58. The van der Waals surface area contributed by atoms with Crippen LogP contribution in [0.1, 0.15) is 35.7 Å². The number of carbonyl (C=O) groups excluding carboxylic acids is 1. The van der Waals surface area contributed by atoms with Crippen LogP contribution in [0.15, 0.2) is 48.5 Å². The second kappa shape index (κ2) is 7.78. The summed E-state index contributed by atoms with van der Waals surface area (Å²) in [6, 6.07) is 16.3. The van der Waals surface area contributed by atoms with Crippen molar-refractivity contribution in [1.82, 2.24) is 14.9 Å². The second-order valence-corrected chi connectivity index (χ2v) is 8.36. The molecule has 0 unspecified atom stereocenters. The molecule has 31 heavy (non-hydrogen) atoms. The molecule has 0 spiro atoms. The molecule has 0 amide bonds.